The molecule has 152 valence electrons. The molecular formula is C23H23N5O2. The van der Waals surface area contributed by atoms with E-state index in [-0.39, 0.29) is 5.91 Å². The minimum Gasteiger partial charge on any atom is -0.497 e. The Kier molecular flexibility index (Phi) is 5.34. The number of anilines is 1. The number of methoxy groups -OCH3 is 1. The van der Waals surface area contributed by atoms with Crippen molar-refractivity contribution in [3.8, 4) is 17.0 Å². The molecule has 2 N–H and O–H groups in total. The predicted molar refractivity (Wildman–Crippen MR) is 116 cm³/mol. The number of nitrogens with zero attached hydrogens (tertiary/aromatic N) is 3. The monoisotopic (exact) mass is 401 g/mol. The van der Waals surface area contributed by atoms with Gasteiger partial charge in [0.05, 0.1) is 25.0 Å². The Labute approximate surface area is 174 Å². The zero-order valence-corrected chi connectivity index (χ0v) is 17.1. The number of carbonyl (C=O) groups excluding carboxylic acids is 1. The number of ether oxygens (including phenoxy) is 1. The van der Waals surface area contributed by atoms with E-state index in [1.165, 1.54) is 0 Å². The number of amides is 1. The third-order valence-corrected chi connectivity index (χ3v) is 4.83. The second-order valence-electron chi connectivity index (χ2n) is 7.13. The van der Waals surface area contributed by atoms with Crippen molar-refractivity contribution in [1.29, 1.82) is 0 Å². The molecule has 2 aromatic heterocycles. The van der Waals surface area contributed by atoms with Gasteiger partial charge in [0.15, 0.2) is 0 Å². The molecule has 0 radical (unpaired) electrons. The normalized spacial score (nSPS) is 10.8. The predicted octanol–water partition coefficient (Wildman–Crippen LogP) is 4.20. The molecule has 4 aromatic rings. The molecule has 2 aromatic carbocycles. The van der Waals surface area contributed by atoms with Crippen molar-refractivity contribution >= 4 is 11.6 Å². The highest BCUT2D eigenvalue weighted by atomic mass is 16.5. The molecule has 1 amide bonds. The van der Waals surface area contributed by atoms with Crippen LogP contribution in [0.25, 0.3) is 11.3 Å². The van der Waals surface area contributed by atoms with Crippen LogP contribution in [0.3, 0.4) is 0 Å². The number of H-pyrrole nitrogens is 1. The Bertz CT molecular complexity index is 1170. The Morgan fingerprint density at radius 2 is 1.90 bits per heavy atom. The molecule has 0 aliphatic carbocycles. The van der Waals surface area contributed by atoms with E-state index < -0.39 is 0 Å². The summed E-state index contributed by atoms with van der Waals surface area (Å²) in [4.78, 5) is 12.7. The minimum absolute atomic E-state index is 0.245. The molecule has 0 aliphatic rings. The summed E-state index contributed by atoms with van der Waals surface area (Å²) in [6, 6.07) is 19.1. The average molecular weight is 401 g/mol. The van der Waals surface area contributed by atoms with Gasteiger partial charge in [-0.1, -0.05) is 12.1 Å². The average Bonchev–Trinajstić information content (AvgIpc) is 3.35. The molecule has 0 saturated carbocycles. The summed E-state index contributed by atoms with van der Waals surface area (Å²) in [6.45, 7) is 4.66. The smallest absolute Gasteiger partial charge is 0.273 e. The van der Waals surface area contributed by atoms with Crippen LogP contribution in [0.4, 0.5) is 5.69 Å². The summed E-state index contributed by atoms with van der Waals surface area (Å²) in [5, 5.41) is 14.5. The van der Waals surface area contributed by atoms with Crippen molar-refractivity contribution in [3.63, 3.8) is 0 Å². The summed E-state index contributed by atoms with van der Waals surface area (Å²) in [6.07, 6.45) is 0. The minimum atomic E-state index is -0.245. The maximum absolute atomic E-state index is 12.7. The first-order valence-corrected chi connectivity index (χ1v) is 9.63. The number of aryl methyl sites for hydroxylation is 2. The van der Waals surface area contributed by atoms with Gasteiger partial charge in [-0.2, -0.15) is 10.2 Å². The Hall–Kier alpha value is -3.87. The zero-order chi connectivity index (χ0) is 21.1. The molecule has 7 heteroatoms. The second kappa shape index (κ2) is 8.24. The summed E-state index contributed by atoms with van der Waals surface area (Å²) in [5.74, 6) is 0.526. The van der Waals surface area contributed by atoms with Gasteiger partial charge in [-0.05, 0) is 67.9 Å². The largest absolute Gasteiger partial charge is 0.497 e. The molecule has 0 saturated heterocycles. The molecular weight excluding hydrogens is 378 g/mol. The summed E-state index contributed by atoms with van der Waals surface area (Å²) < 4.78 is 7.12. The lowest BCUT2D eigenvalue weighted by molar-refractivity contribution is 0.102. The third kappa shape index (κ3) is 4.25. The van der Waals surface area contributed by atoms with Crippen LogP contribution in [0.1, 0.15) is 27.4 Å². The molecule has 0 atom stereocenters. The van der Waals surface area contributed by atoms with Gasteiger partial charge in [-0.15, -0.1) is 0 Å². The summed E-state index contributed by atoms with van der Waals surface area (Å²) in [7, 11) is 1.62. The van der Waals surface area contributed by atoms with Crippen molar-refractivity contribution in [2.24, 2.45) is 0 Å². The number of hydrogen-bond donors (Lipinski definition) is 2. The fraction of sp³-hybridized carbons (Fsp3) is 0.174. The van der Waals surface area contributed by atoms with E-state index in [0.717, 1.165) is 34.0 Å². The van der Waals surface area contributed by atoms with Gasteiger partial charge in [0.25, 0.3) is 5.91 Å². The van der Waals surface area contributed by atoms with Gasteiger partial charge in [0, 0.05) is 16.9 Å². The first kappa shape index (κ1) is 19.4. The molecule has 30 heavy (non-hydrogen) atoms. The fourth-order valence-electron chi connectivity index (χ4n) is 3.30. The maximum Gasteiger partial charge on any atom is 0.273 e. The Morgan fingerprint density at radius 1 is 1.10 bits per heavy atom. The lowest BCUT2D eigenvalue weighted by atomic mass is 10.1. The molecule has 0 bridgehead atoms. The van der Waals surface area contributed by atoms with E-state index in [9.17, 15) is 4.79 Å². The molecule has 0 spiro atoms. The zero-order valence-electron chi connectivity index (χ0n) is 17.1. The van der Waals surface area contributed by atoms with Crippen LogP contribution in [0.2, 0.25) is 0 Å². The van der Waals surface area contributed by atoms with Crippen LogP contribution < -0.4 is 10.1 Å². The van der Waals surface area contributed by atoms with Crippen molar-refractivity contribution < 1.29 is 9.53 Å². The Morgan fingerprint density at radius 3 is 2.60 bits per heavy atom. The van der Waals surface area contributed by atoms with Crippen molar-refractivity contribution in [3.05, 3.63) is 83.3 Å². The van der Waals surface area contributed by atoms with Gasteiger partial charge in [0.2, 0.25) is 0 Å². The number of carbonyl (C=O) groups is 1. The SMILES string of the molecule is COc1ccc(-c2cc(C(=O)Nc3cccc(Cn4nc(C)cc4C)c3)[nH]n2)cc1. The van der Waals surface area contributed by atoms with Crippen LogP contribution >= 0.6 is 0 Å². The second-order valence-corrected chi connectivity index (χ2v) is 7.13. The van der Waals surface area contributed by atoms with E-state index in [1.807, 2.05) is 73.1 Å². The van der Waals surface area contributed by atoms with Crippen LogP contribution in [-0.4, -0.2) is 33.0 Å². The highest BCUT2D eigenvalue weighted by molar-refractivity contribution is 6.03. The number of rotatable bonds is 6. The lowest BCUT2D eigenvalue weighted by Gasteiger charge is -2.08. The topological polar surface area (TPSA) is 84.8 Å². The maximum atomic E-state index is 12.7. The number of benzene rings is 2. The molecule has 2 heterocycles. The molecule has 0 fully saturated rings. The number of hydrogen-bond acceptors (Lipinski definition) is 4. The van der Waals surface area contributed by atoms with Gasteiger partial charge in [-0.3, -0.25) is 14.6 Å². The van der Waals surface area contributed by atoms with Crippen LogP contribution in [0, 0.1) is 13.8 Å². The van der Waals surface area contributed by atoms with E-state index in [4.69, 9.17) is 4.74 Å². The van der Waals surface area contributed by atoms with E-state index in [2.05, 4.69) is 20.6 Å². The van der Waals surface area contributed by atoms with E-state index in [1.54, 1.807) is 13.2 Å². The number of nitrogens with one attached hydrogen (secondary N) is 2. The standard InChI is InChI=1S/C23H23N5O2/c1-15-11-16(2)28(27-15)14-17-5-4-6-19(12-17)24-23(29)22-13-21(25-26-22)18-7-9-20(30-3)10-8-18/h4-13H,14H2,1-3H3,(H,24,29)(H,25,26). The van der Waals surface area contributed by atoms with Crippen LogP contribution in [0.15, 0.2) is 60.7 Å². The van der Waals surface area contributed by atoms with Crippen LogP contribution in [0.5, 0.6) is 5.75 Å². The van der Waals surface area contributed by atoms with Gasteiger partial charge >= 0.3 is 0 Å². The third-order valence-electron chi connectivity index (χ3n) is 4.83. The fourth-order valence-corrected chi connectivity index (χ4v) is 3.30. The molecule has 0 aliphatic heterocycles. The van der Waals surface area contributed by atoms with Crippen molar-refractivity contribution in [2.75, 3.05) is 12.4 Å². The molecule has 7 nitrogen and oxygen atoms in total. The first-order chi connectivity index (χ1) is 14.5. The molecule has 4 rings (SSSR count). The van der Waals surface area contributed by atoms with Crippen molar-refractivity contribution in [1.82, 2.24) is 20.0 Å². The molecule has 0 unspecified atom stereocenters. The van der Waals surface area contributed by atoms with Gasteiger partial charge in [-0.25, -0.2) is 0 Å². The highest BCUT2D eigenvalue weighted by Gasteiger charge is 2.12. The van der Waals surface area contributed by atoms with Gasteiger partial charge in [0.1, 0.15) is 11.4 Å². The lowest BCUT2D eigenvalue weighted by Crippen LogP contribution is -2.13. The van der Waals surface area contributed by atoms with Gasteiger partial charge < -0.3 is 10.1 Å². The highest BCUT2D eigenvalue weighted by Crippen LogP contribution is 2.22. The Balaban J connectivity index is 1.46. The van der Waals surface area contributed by atoms with Crippen molar-refractivity contribution in [2.45, 2.75) is 20.4 Å². The quantitative estimate of drug-likeness (QED) is 0.507. The first-order valence-electron chi connectivity index (χ1n) is 9.63. The number of aromatic nitrogens is 4. The number of aromatic amines is 1. The van der Waals surface area contributed by atoms with E-state index >= 15 is 0 Å². The van der Waals surface area contributed by atoms with Crippen LogP contribution in [-0.2, 0) is 6.54 Å². The summed E-state index contributed by atoms with van der Waals surface area (Å²) >= 11 is 0. The summed E-state index contributed by atoms with van der Waals surface area (Å²) in [5.41, 5.74) is 5.86. The van der Waals surface area contributed by atoms with E-state index in [0.29, 0.717) is 17.9 Å².